The van der Waals surface area contributed by atoms with E-state index in [-0.39, 0.29) is 34.7 Å². The minimum atomic E-state index is -0.328. The lowest BCUT2D eigenvalue weighted by Crippen LogP contribution is -2.10. The fourth-order valence-electron chi connectivity index (χ4n) is 2.98. The molecule has 1 aromatic carbocycles. The van der Waals surface area contributed by atoms with Crippen LogP contribution in [0.1, 0.15) is 29.3 Å². The molecule has 0 fully saturated rings. The van der Waals surface area contributed by atoms with Gasteiger partial charge in [-0.1, -0.05) is 19.1 Å². The lowest BCUT2D eigenvalue weighted by Gasteiger charge is -2.19. The molecule has 0 unspecified atom stereocenters. The molecule has 1 aromatic heterocycles. The number of nitrogens with two attached hydrogens (primary N) is 3. The molecule has 0 aliphatic heterocycles. The SMILES string of the molecule is C[C@@H]1CC(F)=CC=C1Oc1ccc(CC(N)=CC(=O)c2ccc(N)nc2N)cc1. The first-order chi connectivity index (χ1) is 13.8. The third-order valence-electron chi connectivity index (χ3n) is 4.51. The minimum absolute atomic E-state index is 0.0143. The van der Waals surface area contributed by atoms with E-state index in [4.69, 9.17) is 21.9 Å². The summed E-state index contributed by atoms with van der Waals surface area (Å²) in [6.07, 6.45) is 5.15. The molecule has 150 valence electrons. The largest absolute Gasteiger partial charge is 0.461 e. The summed E-state index contributed by atoms with van der Waals surface area (Å²) in [6, 6.07) is 10.4. The summed E-state index contributed by atoms with van der Waals surface area (Å²) in [6.45, 7) is 1.92. The predicted octanol–water partition coefficient (Wildman–Crippen LogP) is 3.67. The summed E-state index contributed by atoms with van der Waals surface area (Å²) in [5.74, 6) is 1.21. The van der Waals surface area contributed by atoms with Gasteiger partial charge in [0.15, 0.2) is 5.78 Å². The van der Waals surface area contributed by atoms with Crippen LogP contribution in [0.25, 0.3) is 0 Å². The first-order valence-electron chi connectivity index (χ1n) is 9.17. The molecular weight excluding hydrogens is 371 g/mol. The van der Waals surface area contributed by atoms with Crippen LogP contribution in [0.15, 0.2) is 71.9 Å². The zero-order chi connectivity index (χ0) is 21.0. The first-order valence-corrected chi connectivity index (χ1v) is 9.17. The fourth-order valence-corrected chi connectivity index (χ4v) is 2.98. The van der Waals surface area contributed by atoms with E-state index >= 15 is 0 Å². The monoisotopic (exact) mass is 394 g/mol. The quantitative estimate of drug-likeness (QED) is 0.508. The number of allylic oxidation sites excluding steroid dienone is 6. The average Bonchev–Trinajstić information content (AvgIpc) is 2.65. The molecule has 2 aromatic rings. The van der Waals surface area contributed by atoms with Gasteiger partial charge in [-0.15, -0.1) is 0 Å². The lowest BCUT2D eigenvalue weighted by atomic mass is 10.00. The number of carbonyl (C=O) groups is 1. The second-order valence-corrected chi connectivity index (χ2v) is 6.96. The van der Waals surface area contributed by atoms with Gasteiger partial charge >= 0.3 is 0 Å². The third kappa shape index (κ3) is 5.22. The summed E-state index contributed by atoms with van der Waals surface area (Å²) in [7, 11) is 0. The molecule has 0 bridgehead atoms. The topological polar surface area (TPSA) is 117 Å². The molecule has 0 amide bonds. The van der Waals surface area contributed by atoms with Crippen LogP contribution in [0, 0.1) is 5.92 Å². The van der Waals surface area contributed by atoms with Crippen LogP contribution in [0.2, 0.25) is 0 Å². The Hall–Kier alpha value is -3.61. The second-order valence-electron chi connectivity index (χ2n) is 6.96. The van der Waals surface area contributed by atoms with Crippen LogP contribution < -0.4 is 21.9 Å². The van der Waals surface area contributed by atoms with E-state index in [0.29, 0.717) is 24.3 Å². The Balaban J connectivity index is 1.64. The highest BCUT2D eigenvalue weighted by molar-refractivity contribution is 6.08. The Bertz CT molecular complexity index is 1010. The van der Waals surface area contributed by atoms with Gasteiger partial charge in [-0.05, 0) is 42.0 Å². The van der Waals surface area contributed by atoms with Crippen LogP contribution in [-0.2, 0) is 6.42 Å². The number of nitrogen functional groups attached to an aromatic ring is 2. The van der Waals surface area contributed by atoms with Crippen LogP contribution in [0.5, 0.6) is 5.75 Å². The molecule has 29 heavy (non-hydrogen) atoms. The molecule has 1 heterocycles. The number of benzene rings is 1. The number of rotatable bonds is 6. The van der Waals surface area contributed by atoms with Gasteiger partial charge in [0.2, 0.25) is 0 Å². The average molecular weight is 394 g/mol. The highest BCUT2D eigenvalue weighted by atomic mass is 19.1. The zero-order valence-electron chi connectivity index (χ0n) is 16.1. The van der Waals surface area contributed by atoms with E-state index in [1.807, 2.05) is 31.2 Å². The summed E-state index contributed by atoms with van der Waals surface area (Å²) >= 11 is 0. The lowest BCUT2D eigenvalue weighted by molar-refractivity contribution is 0.104. The first kappa shape index (κ1) is 20.1. The van der Waals surface area contributed by atoms with Crippen LogP contribution >= 0.6 is 0 Å². The smallest absolute Gasteiger partial charge is 0.191 e. The van der Waals surface area contributed by atoms with E-state index in [0.717, 1.165) is 11.3 Å². The number of aromatic nitrogens is 1. The van der Waals surface area contributed by atoms with E-state index in [9.17, 15) is 9.18 Å². The Kier molecular flexibility index (Phi) is 5.97. The molecule has 1 aliphatic carbocycles. The molecule has 1 aliphatic rings. The van der Waals surface area contributed by atoms with Gasteiger partial charge in [-0.25, -0.2) is 9.37 Å². The van der Waals surface area contributed by atoms with Crippen molar-refractivity contribution in [1.29, 1.82) is 0 Å². The maximum atomic E-state index is 13.3. The maximum Gasteiger partial charge on any atom is 0.191 e. The Morgan fingerprint density at radius 1 is 1.21 bits per heavy atom. The number of ether oxygens (including phenoxy) is 1. The molecule has 0 saturated carbocycles. The fraction of sp³-hybridized carbons (Fsp3) is 0.182. The van der Waals surface area contributed by atoms with E-state index in [1.54, 1.807) is 6.08 Å². The number of hydrogen-bond acceptors (Lipinski definition) is 6. The third-order valence-corrected chi connectivity index (χ3v) is 4.51. The molecule has 7 heteroatoms. The van der Waals surface area contributed by atoms with Crippen LogP contribution in [0.3, 0.4) is 0 Å². The van der Waals surface area contributed by atoms with Crippen molar-refractivity contribution in [2.75, 3.05) is 11.5 Å². The molecule has 0 spiro atoms. The minimum Gasteiger partial charge on any atom is -0.461 e. The summed E-state index contributed by atoms with van der Waals surface area (Å²) in [5, 5.41) is 0. The number of halogens is 1. The van der Waals surface area contributed by atoms with Gasteiger partial charge in [-0.2, -0.15) is 0 Å². The van der Waals surface area contributed by atoms with Crippen molar-refractivity contribution in [1.82, 2.24) is 4.98 Å². The molecule has 0 radical (unpaired) electrons. The van der Waals surface area contributed by atoms with Crippen molar-refractivity contribution in [3.8, 4) is 5.75 Å². The number of nitrogens with zero attached hydrogens (tertiary/aromatic N) is 1. The van der Waals surface area contributed by atoms with Crippen molar-refractivity contribution in [3.05, 3.63) is 83.0 Å². The van der Waals surface area contributed by atoms with Gasteiger partial charge in [0.25, 0.3) is 0 Å². The number of pyridine rings is 1. The maximum absolute atomic E-state index is 13.3. The van der Waals surface area contributed by atoms with E-state index in [1.165, 1.54) is 24.3 Å². The Morgan fingerprint density at radius 2 is 1.93 bits per heavy atom. The second kappa shape index (κ2) is 8.60. The molecule has 3 rings (SSSR count). The number of carbonyl (C=O) groups excluding carboxylic acids is 1. The molecule has 6 N–H and O–H groups in total. The van der Waals surface area contributed by atoms with Gasteiger partial charge < -0.3 is 21.9 Å². The molecule has 0 saturated heterocycles. The van der Waals surface area contributed by atoms with E-state index in [2.05, 4.69) is 4.98 Å². The number of anilines is 2. The van der Waals surface area contributed by atoms with Crippen molar-refractivity contribution >= 4 is 17.4 Å². The standard InChI is InChI=1S/C22H23FN4O2/c1-13-10-15(23)4-8-20(13)29-17-5-2-14(3-6-17)11-16(24)12-19(28)18-7-9-21(25)27-22(18)26/h2-9,12-13H,10-11,24H2,1H3,(H4,25,26,27)/t13-/m1/s1. The summed E-state index contributed by atoms with van der Waals surface area (Å²) < 4.78 is 19.1. The van der Waals surface area contributed by atoms with E-state index < -0.39 is 0 Å². The number of ketones is 1. The van der Waals surface area contributed by atoms with Crippen LogP contribution in [0.4, 0.5) is 16.0 Å². The van der Waals surface area contributed by atoms with Gasteiger partial charge in [-0.3, -0.25) is 4.79 Å². The Labute approximate surface area is 168 Å². The highest BCUT2D eigenvalue weighted by Gasteiger charge is 2.17. The predicted molar refractivity (Wildman–Crippen MR) is 111 cm³/mol. The Morgan fingerprint density at radius 3 is 2.59 bits per heavy atom. The van der Waals surface area contributed by atoms with Gasteiger partial charge in [0.05, 0.1) is 5.56 Å². The van der Waals surface area contributed by atoms with Crippen molar-refractivity contribution in [2.45, 2.75) is 19.8 Å². The summed E-state index contributed by atoms with van der Waals surface area (Å²) in [5.41, 5.74) is 18.9. The molecule has 6 nitrogen and oxygen atoms in total. The van der Waals surface area contributed by atoms with Crippen LogP contribution in [-0.4, -0.2) is 10.8 Å². The molecule has 1 atom stereocenters. The molecular formula is C22H23FN4O2. The van der Waals surface area contributed by atoms with Crippen molar-refractivity contribution in [3.63, 3.8) is 0 Å². The van der Waals surface area contributed by atoms with Gasteiger partial charge in [0.1, 0.15) is 29.0 Å². The summed E-state index contributed by atoms with van der Waals surface area (Å²) in [4.78, 5) is 16.2. The van der Waals surface area contributed by atoms with Crippen molar-refractivity contribution < 1.29 is 13.9 Å². The van der Waals surface area contributed by atoms with Gasteiger partial charge in [0, 0.05) is 30.5 Å². The normalized spacial score (nSPS) is 16.8. The number of hydrogen-bond donors (Lipinski definition) is 3. The highest BCUT2D eigenvalue weighted by Crippen LogP contribution is 2.28. The zero-order valence-corrected chi connectivity index (χ0v) is 16.1. The van der Waals surface area contributed by atoms with Crippen molar-refractivity contribution in [2.24, 2.45) is 11.7 Å².